The number of nitrogens with zero attached hydrogens (tertiary/aromatic N) is 3. The summed E-state index contributed by atoms with van der Waals surface area (Å²) in [4.78, 5) is 18.0. The van der Waals surface area contributed by atoms with E-state index >= 15 is 0 Å². The summed E-state index contributed by atoms with van der Waals surface area (Å²) in [6, 6.07) is 7.56. The molecule has 9 heteroatoms. The van der Waals surface area contributed by atoms with Crippen LogP contribution in [0.15, 0.2) is 40.6 Å². The van der Waals surface area contributed by atoms with Gasteiger partial charge in [0.15, 0.2) is 0 Å². The SMILES string of the molecule is CCN(CC)S(=O)(=O)c1ccc(F)c(C(=O)N2CCN(Cc3cccs3)CC2)c1. The average Bonchev–Trinajstić information content (AvgIpc) is 3.22. The first-order valence-corrected chi connectivity index (χ1v) is 12.0. The molecule has 0 N–H and O–H groups in total. The van der Waals surface area contributed by atoms with Crippen LogP contribution in [0, 0.1) is 5.82 Å². The van der Waals surface area contributed by atoms with Gasteiger partial charge in [-0.25, -0.2) is 12.8 Å². The Labute approximate surface area is 175 Å². The Morgan fingerprint density at radius 2 is 1.83 bits per heavy atom. The molecule has 1 aromatic carbocycles. The number of carbonyl (C=O) groups excluding carboxylic acids is 1. The first kappa shape index (κ1) is 21.9. The molecule has 29 heavy (non-hydrogen) atoms. The minimum Gasteiger partial charge on any atom is -0.336 e. The monoisotopic (exact) mass is 439 g/mol. The van der Waals surface area contributed by atoms with Gasteiger partial charge in [0.2, 0.25) is 10.0 Å². The van der Waals surface area contributed by atoms with Gasteiger partial charge in [-0.1, -0.05) is 19.9 Å². The van der Waals surface area contributed by atoms with E-state index in [0.717, 1.165) is 12.6 Å². The van der Waals surface area contributed by atoms with Crippen molar-refractivity contribution in [3.8, 4) is 0 Å². The van der Waals surface area contributed by atoms with Gasteiger partial charge in [0.1, 0.15) is 5.82 Å². The Kier molecular flexibility index (Phi) is 7.05. The third kappa shape index (κ3) is 4.85. The van der Waals surface area contributed by atoms with Crippen molar-refractivity contribution in [3.63, 3.8) is 0 Å². The summed E-state index contributed by atoms with van der Waals surface area (Å²) in [5.74, 6) is -1.16. The predicted molar refractivity (Wildman–Crippen MR) is 112 cm³/mol. The number of benzene rings is 1. The quantitative estimate of drug-likeness (QED) is 0.666. The molecule has 3 rings (SSSR count). The highest BCUT2D eigenvalue weighted by Gasteiger charge is 2.28. The molecule has 1 saturated heterocycles. The van der Waals surface area contributed by atoms with E-state index in [-0.39, 0.29) is 10.5 Å². The summed E-state index contributed by atoms with van der Waals surface area (Å²) in [6.07, 6.45) is 0. The summed E-state index contributed by atoms with van der Waals surface area (Å²) >= 11 is 1.70. The third-order valence-corrected chi connectivity index (χ3v) is 8.04. The lowest BCUT2D eigenvalue weighted by Crippen LogP contribution is -2.48. The van der Waals surface area contributed by atoms with Crippen molar-refractivity contribution in [2.75, 3.05) is 39.3 Å². The molecule has 0 radical (unpaired) electrons. The van der Waals surface area contributed by atoms with Gasteiger partial charge >= 0.3 is 0 Å². The molecule has 1 aliphatic rings. The van der Waals surface area contributed by atoms with Gasteiger partial charge in [0, 0.05) is 50.7 Å². The van der Waals surface area contributed by atoms with Crippen LogP contribution in [0.25, 0.3) is 0 Å². The lowest BCUT2D eigenvalue weighted by atomic mass is 10.1. The Bertz CT molecular complexity index is 936. The van der Waals surface area contributed by atoms with Crippen LogP contribution in [0.5, 0.6) is 0 Å². The number of carbonyl (C=O) groups is 1. The second kappa shape index (κ2) is 9.34. The normalized spacial score (nSPS) is 15.8. The molecule has 1 aromatic heterocycles. The standard InChI is InChI=1S/C20H26FN3O3S2/c1-3-24(4-2)29(26,27)17-7-8-19(21)18(14-17)20(25)23-11-9-22(10-12-23)15-16-6-5-13-28-16/h5-8,13-14H,3-4,9-12,15H2,1-2H3. The molecule has 2 heterocycles. The van der Waals surface area contributed by atoms with E-state index in [1.54, 1.807) is 30.1 Å². The van der Waals surface area contributed by atoms with E-state index < -0.39 is 21.7 Å². The van der Waals surface area contributed by atoms with Crippen molar-refractivity contribution in [2.24, 2.45) is 0 Å². The van der Waals surface area contributed by atoms with Crippen LogP contribution in [0.4, 0.5) is 4.39 Å². The topological polar surface area (TPSA) is 60.9 Å². The number of thiophene rings is 1. The average molecular weight is 440 g/mol. The molecular formula is C20H26FN3O3S2. The molecule has 0 saturated carbocycles. The summed E-state index contributed by atoms with van der Waals surface area (Å²) in [7, 11) is -3.75. The summed E-state index contributed by atoms with van der Waals surface area (Å²) in [5, 5.41) is 2.04. The summed E-state index contributed by atoms with van der Waals surface area (Å²) in [5.41, 5.74) is -0.190. The first-order chi connectivity index (χ1) is 13.9. The van der Waals surface area contributed by atoms with E-state index in [0.29, 0.717) is 39.3 Å². The number of rotatable bonds is 7. The van der Waals surface area contributed by atoms with Crippen molar-refractivity contribution < 1.29 is 17.6 Å². The van der Waals surface area contributed by atoms with E-state index in [9.17, 15) is 17.6 Å². The number of amides is 1. The number of piperazine rings is 1. The molecule has 1 amide bonds. The van der Waals surface area contributed by atoms with Crippen molar-refractivity contribution in [3.05, 3.63) is 52.0 Å². The smallest absolute Gasteiger partial charge is 0.256 e. The molecule has 1 aliphatic heterocycles. The molecule has 2 aromatic rings. The van der Waals surface area contributed by atoms with Gasteiger partial charge in [-0.15, -0.1) is 11.3 Å². The maximum atomic E-state index is 14.4. The summed E-state index contributed by atoms with van der Waals surface area (Å²) in [6.45, 7) is 7.31. The van der Waals surface area contributed by atoms with Crippen molar-refractivity contribution in [1.82, 2.24) is 14.1 Å². The highest BCUT2D eigenvalue weighted by atomic mass is 32.2. The number of hydrogen-bond donors (Lipinski definition) is 0. The van der Waals surface area contributed by atoms with E-state index in [1.165, 1.54) is 21.3 Å². The highest BCUT2D eigenvalue weighted by Crippen LogP contribution is 2.21. The van der Waals surface area contributed by atoms with Crippen LogP contribution in [0.1, 0.15) is 29.1 Å². The molecule has 1 fully saturated rings. The van der Waals surface area contributed by atoms with Crippen molar-refractivity contribution >= 4 is 27.3 Å². The van der Waals surface area contributed by atoms with Crippen LogP contribution in [-0.2, 0) is 16.6 Å². The zero-order chi connectivity index (χ0) is 21.0. The van der Waals surface area contributed by atoms with Gasteiger partial charge in [-0.3, -0.25) is 9.69 Å². The fraction of sp³-hybridized carbons (Fsp3) is 0.450. The Hall–Kier alpha value is -1.81. The van der Waals surface area contributed by atoms with Gasteiger partial charge in [0.05, 0.1) is 10.5 Å². The summed E-state index contributed by atoms with van der Waals surface area (Å²) < 4.78 is 41.1. The van der Waals surface area contributed by atoms with Gasteiger partial charge in [0.25, 0.3) is 5.91 Å². The zero-order valence-electron chi connectivity index (χ0n) is 16.7. The second-order valence-electron chi connectivity index (χ2n) is 6.88. The minimum atomic E-state index is -3.75. The number of hydrogen-bond acceptors (Lipinski definition) is 5. The number of sulfonamides is 1. The maximum absolute atomic E-state index is 14.4. The maximum Gasteiger partial charge on any atom is 0.256 e. The van der Waals surface area contributed by atoms with Gasteiger partial charge < -0.3 is 4.90 Å². The molecule has 0 atom stereocenters. The molecule has 158 valence electrons. The van der Waals surface area contributed by atoms with Crippen LogP contribution in [-0.4, -0.2) is 67.7 Å². The van der Waals surface area contributed by atoms with Gasteiger partial charge in [-0.05, 0) is 29.6 Å². The molecule has 0 bridgehead atoms. The largest absolute Gasteiger partial charge is 0.336 e. The van der Waals surface area contributed by atoms with Crippen LogP contribution in [0.2, 0.25) is 0 Å². The third-order valence-electron chi connectivity index (χ3n) is 5.13. The Balaban J connectivity index is 1.73. The fourth-order valence-corrected chi connectivity index (χ4v) is 5.67. The predicted octanol–water partition coefficient (Wildman–Crippen LogP) is 2.88. The molecule has 0 aliphatic carbocycles. The molecular weight excluding hydrogens is 413 g/mol. The van der Waals surface area contributed by atoms with Crippen LogP contribution in [0.3, 0.4) is 0 Å². The number of halogens is 1. The van der Waals surface area contributed by atoms with E-state index in [4.69, 9.17) is 0 Å². The Morgan fingerprint density at radius 1 is 1.14 bits per heavy atom. The Morgan fingerprint density at radius 3 is 2.41 bits per heavy atom. The lowest BCUT2D eigenvalue weighted by molar-refractivity contribution is 0.0625. The first-order valence-electron chi connectivity index (χ1n) is 9.70. The highest BCUT2D eigenvalue weighted by molar-refractivity contribution is 7.89. The second-order valence-corrected chi connectivity index (χ2v) is 9.85. The van der Waals surface area contributed by atoms with Crippen LogP contribution >= 0.6 is 11.3 Å². The van der Waals surface area contributed by atoms with Crippen molar-refractivity contribution in [2.45, 2.75) is 25.3 Å². The van der Waals surface area contributed by atoms with E-state index in [1.807, 2.05) is 11.4 Å². The molecule has 0 spiro atoms. The fourth-order valence-electron chi connectivity index (χ4n) is 3.44. The molecule has 6 nitrogen and oxygen atoms in total. The van der Waals surface area contributed by atoms with E-state index in [2.05, 4.69) is 11.0 Å². The van der Waals surface area contributed by atoms with Crippen LogP contribution < -0.4 is 0 Å². The van der Waals surface area contributed by atoms with Gasteiger partial charge in [-0.2, -0.15) is 4.31 Å². The minimum absolute atomic E-state index is 0.0534. The van der Waals surface area contributed by atoms with Crippen molar-refractivity contribution in [1.29, 1.82) is 0 Å². The molecule has 0 unspecified atom stereocenters. The zero-order valence-corrected chi connectivity index (χ0v) is 18.3. The lowest BCUT2D eigenvalue weighted by Gasteiger charge is -2.34.